The van der Waals surface area contributed by atoms with Crippen molar-refractivity contribution in [2.24, 2.45) is 0 Å². The van der Waals surface area contributed by atoms with Crippen LogP contribution in [0.3, 0.4) is 0 Å². The SMILES string of the molecule is [C-]#[N+]c1cn[nH]c1-c1ccnc(S(C)=O)n1. The molecule has 0 aliphatic rings. The van der Waals surface area contributed by atoms with Gasteiger partial charge in [0.15, 0.2) is 0 Å². The van der Waals surface area contributed by atoms with Crippen molar-refractivity contribution >= 4 is 16.5 Å². The number of hydrogen-bond donors (Lipinski definition) is 1. The fraction of sp³-hybridized carbons (Fsp3) is 0.111. The van der Waals surface area contributed by atoms with Crippen LogP contribution in [0.1, 0.15) is 0 Å². The smallest absolute Gasteiger partial charge is 0.233 e. The molecule has 0 aromatic carbocycles. The molecule has 2 rings (SSSR count). The molecule has 1 atom stereocenters. The lowest BCUT2D eigenvalue weighted by molar-refractivity contribution is 0.680. The predicted octanol–water partition coefficient (Wildman–Crippen LogP) is 1.15. The van der Waals surface area contributed by atoms with Crippen LogP contribution in [0.4, 0.5) is 5.69 Å². The van der Waals surface area contributed by atoms with Gasteiger partial charge in [0.2, 0.25) is 10.8 Å². The zero-order valence-corrected chi connectivity index (χ0v) is 9.15. The third kappa shape index (κ3) is 1.83. The number of nitrogens with zero attached hydrogens (tertiary/aromatic N) is 4. The number of aromatic amines is 1. The molecule has 2 aromatic rings. The van der Waals surface area contributed by atoms with Gasteiger partial charge in [0.05, 0.1) is 35.0 Å². The summed E-state index contributed by atoms with van der Waals surface area (Å²) >= 11 is 0. The van der Waals surface area contributed by atoms with Crippen molar-refractivity contribution in [1.29, 1.82) is 0 Å². The van der Waals surface area contributed by atoms with Crippen molar-refractivity contribution in [3.8, 4) is 11.4 Å². The molecule has 0 fully saturated rings. The Morgan fingerprint density at radius 1 is 1.56 bits per heavy atom. The van der Waals surface area contributed by atoms with E-state index in [0.717, 1.165) is 0 Å². The summed E-state index contributed by atoms with van der Waals surface area (Å²) in [4.78, 5) is 11.3. The fourth-order valence-electron chi connectivity index (χ4n) is 1.17. The molecule has 0 aliphatic heterocycles. The van der Waals surface area contributed by atoms with Gasteiger partial charge in [0.25, 0.3) is 0 Å². The maximum atomic E-state index is 11.2. The minimum absolute atomic E-state index is 0.239. The quantitative estimate of drug-likeness (QED) is 0.623. The van der Waals surface area contributed by atoms with E-state index in [4.69, 9.17) is 6.57 Å². The molecule has 0 radical (unpaired) electrons. The van der Waals surface area contributed by atoms with Crippen molar-refractivity contribution < 1.29 is 4.21 Å². The fourth-order valence-corrected chi connectivity index (χ4v) is 1.61. The van der Waals surface area contributed by atoms with Crippen LogP contribution in [-0.2, 0) is 10.8 Å². The lowest BCUT2D eigenvalue weighted by Crippen LogP contribution is -1.97. The molecule has 16 heavy (non-hydrogen) atoms. The molecule has 0 amide bonds. The Kier molecular flexibility index (Phi) is 2.74. The average Bonchev–Trinajstić information content (AvgIpc) is 2.77. The molecule has 80 valence electrons. The molecule has 0 saturated carbocycles. The second-order valence-corrected chi connectivity index (χ2v) is 4.19. The highest BCUT2D eigenvalue weighted by Crippen LogP contribution is 2.25. The predicted molar refractivity (Wildman–Crippen MR) is 58.2 cm³/mol. The van der Waals surface area contributed by atoms with E-state index in [1.807, 2.05) is 0 Å². The van der Waals surface area contributed by atoms with Gasteiger partial charge < -0.3 is 0 Å². The molecule has 2 heterocycles. The zero-order valence-electron chi connectivity index (χ0n) is 8.34. The van der Waals surface area contributed by atoms with Crippen LogP contribution >= 0.6 is 0 Å². The van der Waals surface area contributed by atoms with Crippen molar-refractivity contribution in [1.82, 2.24) is 20.2 Å². The van der Waals surface area contributed by atoms with Gasteiger partial charge in [-0.25, -0.2) is 14.8 Å². The van der Waals surface area contributed by atoms with E-state index >= 15 is 0 Å². The van der Waals surface area contributed by atoms with Crippen molar-refractivity contribution in [3.05, 3.63) is 29.9 Å². The van der Waals surface area contributed by atoms with Crippen LogP contribution in [-0.4, -0.2) is 30.6 Å². The zero-order chi connectivity index (χ0) is 11.5. The second-order valence-electron chi connectivity index (χ2n) is 2.92. The third-order valence-corrected chi connectivity index (χ3v) is 2.60. The summed E-state index contributed by atoms with van der Waals surface area (Å²) in [6, 6.07) is 1.64. The van der Waals surface area contributed by atoms with Gasteiger partial charge in [0.1, 0.15) is 0 Å². The van der Waals surface area contributed by atoms with E-state index in [2.05, 4.69) is 25.0 Å². The van der Waals surface area contributed by atoms with Crippen molar-refractivity contribution in [3.63, 3.8) is 0 Å². The molecule has 0 spiro atoms. The summed E-state index contributed by atoms with van der Waals surface area (Å²) in [6.07, 6.45) is 4.43. The summed E-state index contributed by atoms with van der Waals surface area (Å²) in [6.45, 7) is 6.95. The van der Waals surface area contributed by atoms with Gasteiger partial charge in [-0.05, 0) is 6.07 Å². The van der Waals surface area contributed by atoms with Crippen LogP contribution in [0.2, 0.25) is 0 Å². The highest BCUT2D eigenvalue weighted by atomic mass is 32.2. The van der Waals surface area contributed by atoms with E-state index in [-0.39, 0.29) is 5.16 Å². The summed E-state index contributed by atoms with van der Waals surface area (Å²) in [5, 5.41) is 6.69. The number of hydrogen-bond acceptors (Lipinski definition) is 4. The maximum absolute atomic E-state index is 11.2. The Hall–Kier alpha value is -2.07. The lowest BCUT2D eigenvalue weighted by Gasteiger charge is -1.99. The second kappa shape index (κ2) is 4.20. The minimum atomic E-state index is -1.24. The summed E-state index contributed by atoms with van der Waals surface area (Å²) in [5.74, 6) is 0. The molecule has 0 bridgehead atoms. The number of rotatable bonds is 2. The summed E-state index contributed by atoms with van der Waals surface area (Å²) in [5.41, 5.74) is 1.42. The van der Waals surface area contributed by atoms with Crippen LogP contribution < -0.4 is 0 Å². The van der Waals surface area contributed by atoms with E-state index < -0.39 is 10.8 Å². The lowest BCUT2D eigenvalue weighted by atomic mass is 10.3. The van der Waals surface area contributed by atoms with Crippen molar-refractivity contribution in [2.45, 2.75) is 5.16 Å². The first-order valence-electron chi connectivity index (χ1n) is 4.30. The molecular formula is C9H7N5OS. The molecule has 0 saturated heterocycles. The van der Waals surface area contributed by atoms with E-state index in [1.165, 1.54) is 18.6 Å². The minimum Gasteiger partial charge on any atom is -0.288 e. The Bertz CT molecular complexity index is 586. The number of aromatic nitrogens is 4. The first kappa shape index (κ1) is 10.4. The van der Waals surface area contributed by atoms with Crippen LogP contribution in [0.15, 0.2) is 23.6 Å². The van der Waals surface area contributed by atoms with Crippen LogP contribution in [0.5, 0.6) is 0 Å². The summed E-state index contributed by atoms with van der Waals surface area (Å²) < 4.78 is 11.2. The monoisotopic (exact) mass is 233 g/mol. The molecule has 1 N–H and O–H groups in total. The van der Waals surface area contributed by atoms with Gasteiger partial charge in [-0.1, -0.05) is 0 Å². The van der Waals surface area contributed by atoms with Gasteiger partial charge in [-0.2, -0.15) is 5.10 Å². The Labute approximate surface area is 94.0 Å². The first-order valence-corrected chi connectivity index (χ1v) is 5.86. The van der Waals surface area contributed by atoms with E-state index in [0.29, 0.717) is 17.1 Å². The largest absolute Gasteiger partial charge is 0.288 e. The highest BCUT2D eigenvalue weighted by Gasteiger charge is 2.10. The van der Waals surface area contributed by atoms with Crippen LogP contribution in [0.25, 0.3) is 16.2 Å². The maximum Gasteiger partial charge on any atom is 0.233 e. The molecule has 1 unspecified atom stereocenters. The summed E-state index contributed by atoms with van der Waals surface area (Å²) in [7, 11) is -1.24. The van der Waals surface area contributed by atoms with E-state index in [9.17, 15) is 4.21 Å². The first-order chi connectivity index (χ1) is 7.72. The Morgan fingerprint density at radius 3 is 3.06 bits per heavy atom. The molecule has 6 nitrogen and oxygen atoms in total. The van der Waals surface area contributed by atoms with Gasteiger partial charge >= 0.3 is 0 Å². The standard InChI is InChI=1S/C9H7N5OS/c1-10-7-5-12-14-8(7)6-3-4-11-9(13-6)16(2)15/h3-5H,2H3,(H,12,14). The average molecular weight is 233 g/mol. The molecule has 7 heteroatoms. The number of H-pyrrole nitrogens is 1. The third-order valence-electron chi connectivity index (χ3n) is 1.89. The molecular weight excluding hydrogens is 226 g/mol. The van der Waals surface area contributed by atoms with Crippen LogP contribution in [0, 0.1) is 6.57 Å². The van der Waals surface area contributed by atoms with Gasteiger partial charge in [-0.15, -0.1) is 0 Å². The van der Waals surface area contributed by atoms with E-state index in [1.54, 1.807) is 6.07 Å². The van der Waals surface area contributed by atoms with Crippen molar-refractivity contribution in [2.75, 3.05) is 6.26 Å². The molecule has 2 aromatic heterocycles. The van der Waals surface area contributed by atoms with Gasteiger partial charge in [-0.3, -0.25) is 9.31 Å². The molecule has 0 aliphatic carbocycles. The Morgan fingerprint density at radius 2 is 2.38 bits per heavy atom. The van der Waals surface area contributed by atoms with Gasteiger partial charge in [0, 0.05) is 12.5 Å². The normalized spacial score (nSPS) is 12.0. The highest BCUT2D eigenvalue weighted by molar-refractivity contribution is 7.84. The Balaban J connectivity index is 2.53. The number of nitrogens with one attached hydrogen (secondary N) is 1. The topological polar surface area (TPSA) is 75.9 Å².